The first-order valence-corrected chi connectivity index (χ1v) is 23.3. The molecule has 65 heavy (non-hydrogen) atoms. The molecule has 0 aliphatic heterocycles. The topological polar surface area (TPSA) is 8.17 Å². The average Bonchev–Trinajstić information content (AvgIpc) is 3.91. The molecule has 306 valence electrons. The number of anilines is 2. The Morgan fingerprint density at radius 3 is 1.98 bits per heavy atom. The van der Waals surface area contributed by atoms with Crippen LogP contribution < -0.4 is 4.90 Å². The van der Waals surface area contributed by atoms with Crippen molar-refractivity contribution in [1.29, 1.82) is 0 Å². The Balaban J connectivity index is 0.986. The van der Waals surface area contributed by atoms with Gasteiger partial charge in [-0.1, -0.05) is 164 Å². The van der Waals surface area contributed by atoms with Crippen molar-refractivity contribution >= 4 is 91.8 Å². The molecule has 2 heterocycles. The molecule has 0 amide bonds. The molecule has 3 heteroatoms. The Morgan fingerprint density at radius 2 is 1.11 bits per heavy atom. The maximum atomic E-state index is 2.57. The highest BCUT2D eigenvalue weighted by Crippen LogP contribution is 2.44. The third-order valence-electron chi connectivity index (χ3n) is 13.4. The van der Waals surface area contributed by atoms with Crippen LogP contribution in [0.5, 0.6) is 0 Å². The van der Waals surface area contributed by atoms with Gasteiger partial charge < -0.3 is 9.47 Å². The zero-order valence-electron chi connectivity index (χ0n) is 35.6. The molecule has 2 nitrogen and oxygen atoms in total. The van der Waals surface area contributed by atoms with E-state index in [0.29, 0.717) is 0 Å². The third kappa shape index (κ3) is 6.46. The smallest absolute Gasteiger partial charge is 0.0565 e. The summed E-state index contributed by atoms with van der Waals surface area (Å²) in [7, 11) is 0. The van der Waals surface area contributed by atoms with Gasteiger partial charge in [0.15, 0.2) is 0 Å². The summed E-state index contributed by atoms with van der Waals surface area (Å²) in [5.74, 6) is 0. The van der Waals surface area contributed by atoms with Gasteiger partial charge in [0.1, 0.15) is 0 Å². The summed E-state index contributed by atoms with van der Waals surface area (Å²) in [5.41, 5.74) is 13.1. The molecule has 1 aliphatic carbocycles. The monoisotopic (exact) mass is 846 g/mol. The van der Waals surface area contributed by atoms with Crippen LogP contribution in [-0.4, -0.2) is 10.6 Å². The fourth-order valence-electron chi connectivity index (χ4n) is 10.3. The lowest BCUT2D eigenvalue weighted by molar-refractivity contribution is 0.788. The molecule has 0 saturated carbocycles. The number of fused-ring (bicyclic) bond motifs is 8. The zero-order valence-corrected chi connectivity index (χ0v) is 36.4. The van der Waals surface area contributed by atoms with Crippen molar-refractivity contribution in [2.75, 3.05) is 4.90 Å². The molecule has 0 saturated heterocycles. The van der Waals surface area contributed by atoms with E-state index < -0.39 is 0 Å². The fraction of sp³-hybridized carbons (Fsp3) is 0.0323. The molecule has 2 aromatic heterocycles. The largest absolute Gasteiger partial charge is 0.334 e. The minimum Gasteiger partial charge on any atom is -0.334 e. The van der Waals surface area contributed by atoms with Crippen LogP contribution in [0.2, 0.25) is 0 Å². The number of hydrogen-bond donors (Lipinski definition) is 0. The van der Waals surface area contributed by atoms with E-state index in [4.69, 9.17) is 0 Å². The average molecular weight is 847 g/mol. The second-order valence-electron chi connectivity index (χ2n) is 17.3. The number of rotatable bonds is 7. The SMILES string of the molecule is C1=CC(c2ccc3ccccc3c2)=CC(N(c2ccc(-c3cccc(-n4c5ccccc5c5cc6ccccc6cc54)c3)c(-c3ccccc3)c2)c2ccc3sc4ccccc4c3c2)C1. The number of para-hydroxylation sites is 1. The minimum atomic E-state index is 0.0769. The van der Waals surface area contributed by atoms with Crippen molar-refractivity contribution in [1.82, 2.24) is 4.57 Å². The summed E-state index contributed by atoms with van der Waals surface area (Å²) in [6.45, 7) is 0. The van der Waals surface area contributed by atoms with Crippen molar-refractivity contribution in [3.8, 4) is 27.9 Å². The van der Waals surface area contributed by atoms with Crippen molar-refractivity contribution in [3.05, 3.63) is 242 Å². The Labute approximate surface area is 381 Å². The summed E-state index contributed by atoms with van der Waals surface area (Å²) < 4.78 is 5.07. The molecule has 1 aliphatic rings. The van der Waals surface area contributed by atoms with Gasteiger partial charge in [-0.05, 0) is 134 Å². The van der Waals surface area contributed by atoms with E-state index in [1.54, 1.807) is 0 Å². The first kappa shape index (κ1) is 37.6. The zero-order chi connectivity index (χ0) is 42.8. The summed E-state index contributed by atoms with van der Waals surface area (Å²) in [4.78, 5) is 2.57. The molecule has 12 aromatic rings. The van der Waals surface area contributed by atoms with E-state index in [1.807, 2.05) is 11.3 Å². The van der Waals surface area contributed by atoms with Gasteiger partial charge in [-0.2, -0.15) is 0 Å². The van der Waals surface area contributed by atoms with Gasteiger partial charge in [-0.15, -0.1) is 11.3 Å². The lowest BCUT2D eigenvalue weighted by atomic mass is 9.91. The van der Waals surface area contributed by atoms with Crippen LogP contribution in [0.3, 0.4) is 0 Å². The van der Waals surface area contributed by atoms with Crippen molar-refractivity contribution < 1.29 is 0 Å². The molecule has 0 fully saturated rings. The van der Waals surface area contributed by atoms with Crippen molar-refractivity contribution in [2.45, 2.75) is 12.5 Å². The van der Waals surface area contributed by atoms with Crippen molar-refractivity contribution in [3.63, 3.8) is 0 Å². The van der Waals surface area contributed by atoms with E-state index in [9.17, 15) is 0 Å². The standard InChI is InChI=1S/C62H42N2S/c1-2-15-42(16-3-1)56-39-51(30-32-53(56)48-21-13-23-50(36-48)64-59-26-10-8-24-54(59)57-37-45-18-6-7-19-46(45)38-60(57)64)63(52-31-33-62-58(40-52)55-25-9-11-27-61(55)65-62)49-22-12-20-44(35-49)47-29-28-41-14-4-5-17-43(41)34-47/h1-21,23-40,49H,22H2. The number of hydrogen-bond acceptors (Lipinski definition) is 2. The van der Waals surface area contributed by atoms with E-state index >= 15 is 0 Å². The Hall–Kier alpha value is -7.98. The fourth-order valence-corrected chi connectivity index (χ4v) is 11.4. The predicted octanol–water partition coefficient (Wildman–Crippen LogP) is 17.3. The number of benzene rings is 10. The van der Waals surface area contributed by atoms with Gasteiger partial charge in [0, 0.05) is 48.0 Å². The second kappa shape index (κ2) is 15.4. The molecule has 0 radical (unpaired) electrons. The highest BCUT2D eigenvalue weighted by molar-refractivity contribution is 7.25. The molecule has 10 aromatic carbocycles. The molecule has 0 spiro atoms. The quantitative estimate of drug-likeness (QED) is 0.155. The van der Waals surface area contributed by atoms with Crippen LogP contribution in [0.25, 0.3) is 97.0 Å². The second-order valence-corrected chi connectivity index (χ2v) is 18.3. The number of aromatic nitrogens is 1. The third-order valence-corrected chi connectivity index (χ3v) is 14.6. The van der Waals surface area contributed by atoms with Gasteiger partial charge in [-0.25, -0.2) is 0 Å². The molecular weight excluding hydrogens is 805 g/mol. The van der Waals surface area contributed by atoms with Crippen LogP contribution in [-0.2, 0) is 0 Å². The van der Waals surface area contributed by atoms with Crippen LogP contribution in [0.1, 0.15) is 12.0 Å². The van der Waals surface area contributed by atoms with Gasteiger partial charge in [0.25, 0.3) is 0 Å². The number of allylic oxidation sites excluding steroid dienone is 2. The van der Waals surface area contributed by atoms with Gasteiger partial charge in [0.05, 0.1) is 17.1 Å². The van der Waals surface area contributed by atoms with Gasteiger partial charge in [-0.3, -0.25) is 0 Å². The van der Waals surface area contributed by atoms with E-state index in [2.05, 4.69) is 246 Å². The van der Waals surface area contributed by atoms with Crippen LogP contribution >= 0.6 is 11.3 Å². The van der Waals surface area contributed by atoms with E-state index in [-0.39, 0.29) is 6.04 Å². The van der Waals surface area contributed by atoms with Crippen LogP contribution in [0.4, 0.5) is 11.4 Å². The first-order valence-electron chi connectivity index (χ1n) is 22.5. The highest BCUT2D eigenvalue weighted by atomic mass is 32.1. The molecular formula is C62H42N2S. The van der Waals surface area contributed by atoms with Crippen LogP contribution in [0.15, 0.2) is 237 Å². The molecule has 1 unspecified atom stereocenters. The summed E-state index contributed by atoms with van der Waals surface area (Å²) >= 11 is 1.87. The van der Waals surface area contributed by atoms with E-state index in [0.717, 1.165) is 17.8 Å². The molecule has 0 bridgehead atoms. The number of thiophene rings is 1. The Morgan fingerprint density at radius 1 is 0.415 bits per heavy atom. The van der Waals surface area contributed by atoms with Crippen LogP contribution in [0, 0.1) is 0 Å². The normalized spacial score (nSPS) is 14.0. The molecule has 13 rings (SSSR count). The Kier molecular flexibility index (Phi) is 8.89. The minimum absolute atomic E-state index is 0.0769. The van der Waals surface area contributed by atoms with E-state index in [1.165, 1.54) is 103 Å². The molecule has 1 atom stereocenters. The lowest BCUT2D eigenvalue weighted by Crippen LogP contribution is -2.30. The summed E-state index contributed by atoms with van der Waals surface area (Å²) in [5, 5.41) is 10.1. The highest BCUT2D eigenvalue weighted by Gasteiger charge is 2.24. The van der Waals surface area contributed by atoms with Gasteiger partial charge in [0.2, 0.25) is 0 Å². The van der Waals surface area contributed by atoms with Crippen molar-refractivity contribution in [2.24, 2.45) is 0 Å². The maximum absolute atomic E-state index is 2.57. The lowest BCUT2D eigenvalue weighted by Gasteiger charge is -2.34. The maximum Gasteiger partial charge on any atom is 0.0565 e. The summed E-state index contributed by atoms with van der Waals surface area (Å²) in [6, 6.07) is 80.8. The van der Waals surface area contributed by atoms with Gasteiger partial charge >= 0.3 is 0 Å². The summed E-state index contributed by atoms with van der Waals surface area (Å²) in [6.07, 6.45) is 8.03. The predicted molar refractivity (Wildman–Crippen MR) is 280 cm³/mol. The molecule has 0 N–H and O–H groups in total. The number of nitrogens with zero attached hydrogens (tertiary/aromatic N) is 2. The Bertz CT molecular complexity index is 3880. The first-order chi connectivity index (χ1) is 32.2.